The molecule has 62 heavy (non-hydrogen) atoms. The van der Waals surface area contributed by atoms with Crippen LogP contribution in [0.4, 0.5) is 0 Å². The first-order valence-electron chi connectivity index (χ1n) is 27.4. The van der Waals surface area contributed by atoms with Gasteiger partial charge in [-0.05, 0) is 64.2 Å². The fourth-order valence-electron chi connectivity index (χ4n) is 8.50. The van der Waals surface area contributed by atoms with Gasteiger partial charge in [-0.25, -0.2) is 0 Å². The number of carbonyl (C=O) groups excluding carboxylic acids is 1. The van der Waals surface area contributed by atoms with Crippen molar-refractivity contribution in [1.29, 1.82) is 0 Å². The number of hydrogen-bond acceptors (Lipinski definition) is 5. The Labute approximate surface area is 386 Å². The molecule has 0 aromatic carbocycles. The maximum atomic E-state index is 12.6. The van der Waals surface area contributed by atoms with E-state index in [1.54, 1.807) is 0 Å². The summed E-state index contributed by atoms with van der Waals surface area (Å²) in [7, 11) is 0. The summed E-state index contributed by atoms with van der Waals surface area (Å²) in [6.45, 7) is 4.07. The van der Waals surface area contributed by atoms with Gasteiger partial charge < -0.3 is 25.7 Å². The second-order valence-corrected chi connectivity index (χ2v) is 18.9. The molecule has 0 fully saturated rings. The van der Waals surface area contributed by atoms with Crippen molar-refractivity contribution in [3.05, 3.63) is 36.5 Å². The van der Waals surface area contributed by atoms with E-state index in [4.69, 9.17) is 0 Å². The Morgan fingerprint density at radius 1 is 0.387 bits per heavy atom. The van der Waals surface area contributed by atoms with Crippen molar-refractivity contribution < 1.29 is 25.2 Å². The van der Waals surface area contributed by atoms with Gasteiger partial charge in [0, 0.05) is 0 Å². The fourth-order valence-corrected chi connectivity index (χ4v) is 8.50. The van der Waals surface area contributed by atoms with Crippen LogP contribution in [0.25, 0.3) is 0 Å². The minimum absolute atomic E-state index is 0.362. The average Bonchev–Trinajstić information content (AvgIpc) is 3.28. The van der Waals surface area contributed by atoms with Crippen LogP contribution in [0.3, 0.4) is 0 Å². The highest BCUT2D eigenvalue weighted by atomic mass is 16.3. The van der Waals surface area contributed by atoms with Gasteiger partial charge in [-0.2, -0.15) is 0 Å². The van der Waals surface area contributed by atoms with Crippen LogP contribution < -0.4 is 5.32 Å². The highest BCUT2D eigenvalue weighted by molar-refractivity contribution is 5.80. The predicted octanol–water partition coefficient (Wildman–Crippen LogP) is 15.6. The third-order valence-corrected chi connectivity index (χ3v) is 12.8. The zero-order valence-electron chi connectivity index (χ0n) is 41.4. The molecule has 0 aromatic rings. The van der Waals surface area contributed by atoms with Crippen molar-refractivity contribution in [3.8, 4) is 0 Å². The van der Waals surface area contributed by atoms with Gasteiger partial charge in [0.2, 0.25) is 5.91 Å². The van der Waals surface area contributed by atoms with Crippen LogP contribution in [0.15, 0.2) is 36.5 Å². The molecule has 0 spiro atoms. The van der Waals surface area contributed by atoms with Gasteiger partial charge in [0.15, 0.2) is 0 Å². The molecule has 0 heterocycles. The summed E-state index contributed by atoms with van der Waals surface area (Å²) >= 11 is 0. The molecule has 0 aromatic heterocycles. The van der Waals surface area contributed by atoms with Crippen molar-refractivity contribution >= 4 is 5.91 Å². The summed E-state index contributed by atoms with van der Waals surface area (Å²) in [6, 6.07) is -1.01. The van der Waals surface area contributed by atoms with Gasteiger partial charge in [0.25, 0.3) is 0 Å². The van der Waals surface area contributed by atoms with E-state index in [-0.39, 0.29) is 0 Å². The summed E-state index contributed by atoms with van der Waals surface area (Å²) in [5.41, 5.74) is 0. The summed E-state index contributed by atoms with van der Waals surface area (Å²) < 4.78 is 0. The molecule has 366 valence electrons. The lowest BCUT2D eigenvalue weighted by atomic mass is 10.00. The molecule has 0 aliphatic rings. The number of allylic oxidation sites excluding steroid dienone is 6. The van der Waals surface area contributed by atoms with Crippen molar-refractivity contribution in [2.75, 3.05) is 6.61 Å². The Balaban J connectivity index is 3.71. The van der Waals surface area contributed by atoms with Gasteiger partial charge in [0.1, 0.15) is 12.2 Å². The number of aliphatic hydroxyl groups is 4. The molecule has 0 saturated carbocycles. The van der Waals surface area contributed by atoms with Crippen LogP contribution in [-0.4, -0.2) is 57.3 Å². The van der Waals surface area contributed by atoms with E-state index in [0.29, 0.717) is 19.3 Å². The normalized spacial score (nSPS) is 14.1. The predicted molar refractivity (Wildman–Crippen MR) is 270 cm³/mol. The molecule has 4 atom stereocenters. The fraction of sp³-hybridized carbons (Fsp3) is 0.875. The topological polar surface area (TPSA) is 110 Å². The summed E-state index contributed by atoms with van der Waals surface area (Å²) in [6.07, 6.45) is 62.1. The third-order valence-electron chi connectivity index (χ3n) is 12.8. The quantitative estimate of drug-likeness (QED) is 0.0309. The van der Waals surface area contributed by atoms with Crippen LogP contribution in [0.1, 0.15) is 284 Å². The Morgan fingerprint density at radius 2 is 0.677 bits per heavy atom. The molecule has 0 bridgehead atoms. The lowest BCUT2D eigenvalue weighted by Gasteiger charge is -2.27. The highest BCUT2D eigenvalue weighted by Crippen LogP contribution is 2.17. The van der Waals surface area contributed by atoms with Crippen molar-refractivity contribution in [1.82, 2.24) is 5.32 Å². The second kappa shape index (κ2) is 50.5. The number of hydrogen-bond donors (Lipinski definition) is 5. The lowest BCUT2D eigenvalue weighted by Crippen LogP contribution is -2.53. The smallest absolute Gasteiger partial charge is 0.249 e. The Bertz CT molecular complexity index is 981. The summed E-state index contributed by atoms with van der Waals surface area (Å²) in [5, 5.41) is 43.9. The first kappa shape index (κ1) is 60.5. The minimum Gasteiger partial charge on any atom is -0.394 e. The molecule has 0 rings (SSSR count). The summed E-state index contributed by atoms with van der Waals surface area (Å²) in [5.74, 6) is -0.596. The van der Waals surface area contributed by atoms with Gasteiger partial charge in [-0.15, -0.1) is 0 Å². The van der Waals surface area contributed by atoms with Crippen LogP contribution in [0, 0.1) is 0 Å². The van der Waals surface area contributed by atoms with Crippen molar-refractivity contribution in [2.24, 2.45) is 0 Å². The second-order valence-electron chi connectivity index (χ2n) is 18.9. The van der Waals surface area contributed by atoms with E-state index >= 15 is 0 Å². The number of nitrogens with one attached hydrogen (secondary N) is 1. The van der Waals surface area contributed by atoms with Crippen LogP contribution in [-0.2, 0) is 4.79 Å². The molecule has 0 aliphatic carbocycles. The number of rotatable bonds is 50. The molecule has 0 radical (unpaired) electrons. The van der Waals surface area contributed by atoms with E-state index in [9.17, 15) is 25.2 Å². The SMILES string of the molecule is CCCCCCCCCCCCCCCC/C=C/CC/C=C/CC/C=C/CCCC(O)C(O)C(CO)NC(=O)C(O)CCCCCCCCCCCCCCCCCCCCC. The van der Waals surface area contributed by atoms with Crippen LogP contribution in [0.5, 0.6) is 0 Å². The molecular formula is C56H107NO5. The average molecular weight is 874 g/mol. The molecule has 0 aliphatic heterocycles. The number of aliphatic hydroxyl groups excluding tert-OH is 4. The van der Waals surface area contributed by atoms with Gasteiger partial charge in [-0.1, -0.05) is 256 Å². The first-order chi connectivity index (χ1) is 30.5. The number of amides is 1. The molecule has 4 unspecified atom stereocenters. The Kier molecular flexibility index (Phi) is 49.3. The van der Waals surface area contributed by atoms with Gasteiger partial charge >= 0.3 is 0 Å². The zero-order chi connectivity index (χ0) is 45.2. The molecule has 6 heteroatoms. The molecule has 1 amide bonds. The van der Waals surface area contributed by atoms with Gasteiger partial charge in [0.05, 0.1) is 18.8 Å². The minimum atomic E-state index is -1.29. The third kappa shape index (κ3) is 43.8. The van der Waals surface area contributed by atoms with E-state index in [2.05, 4.69) is 55.6 Å². The maximum Gasteiger partial charge on any atom is 0.249 e. The first-order valence-corrected chi connectivity index (χ1v) is 27.4. The van der Waals surface area contributed by atoms with E-state index < -0.39 is 36.9 Å². The van der Waals surface area contributed by atoms with E-state index in [1.165, 1.54) is 199 Å². The van der Waals surface area contributed by atoms with Gasteiger partial charge in [-0.3, -0.25) is 4.79 Å². The van der Waals surface area contributed by atoms with Crippen LogP contribution >= 0.6 is 0 Å². The monoisotopic (exact) mass is 874 g/mol. The van der Waals surface area contributed by atoms with Crippen molar-refractivity contribution in [2.45, 2.75) is 308 Å². The lowest BCUT2D eigenvalue weighted by molar-refractivity contribution is -0.132. The van der Waals surface area contributed by atoms with Crippen molar-refractivity contribution in [3.63, 3.8) is 0 Å². The molecule has 6 nitrogen and oxygen atoms in total. The highest BCUT2D eigenvalue weighted by Gasteiger charge is 2.28. The maximum absolute atomic E-state index is 12.6. The number of carbonyl (C=O) groups is 1. The van der Waals surface area contributed by atoms with E-state index in [1.807, 2.05) is 0 Å². The summed E-state index contributed by atoms with van der Waals surface area (Å²) in [4.78, 5) is 12.6. The Hall–Kier alpha value is -1.47. The standard InChI is InChI=1S/C56H107NO5/c1-3-5-7-9-11-13-15-17-19-21-23-24-25-26-27-28-29-30-32-33-35-37-39-41-43-45-47-49-53(59)55(61)52(51-58)57-56(62)54(60)50-48-46-44-42-40-38-36-34-31-22-20-18-16-14-12-10-8-6-4-2/h28-29,33,35,41,43,52-55,58-61H,3-27,30-32,34,36-40,42,44-51H2,1-2H3,(H,57,62)/b29-28+,35-33+,43-41+. The van der Waals surface area contributed by atoms with Crippen LogP contribution in [0.2, 0.25) is 0 Å². The Morgan fingerprint density at radius 3 is 1.02 bits per heavy atom. The largest absolute Gasteiger partial charge is 0.394 e. The molecule has 5 N–H and O–H groups in total. The number of unbranched alkanes of at least 4 members (excludes halogenated alkanes) is 35. The van der Waals surface area contributed by atoms with E-state index in [0.717, 1.165) is 51.4 Å². The zero-order valence-corrected chi connectivity index (χ0v) is 41.4. The molecular weight excluding hydrogens is 767 g/mol. The molecule has 0 saturated heterocycles.